The predicted octanol–water partition coefficient (Wildman–Crippen LogP) is 7.27. The molecule has 1 aromatic carbocycles. The van der Waals surface area contributed by atoms with Gasteiger partial charge in [0.2, 0.25) is 14.2 Å². The van der Waals surface area contributed by atoms with Crippen LogP contribution >= 0.6 is 79.6 Å². The molecule has 184 valence electrons. The van der Waals surface area contributed by atoms with Crippen LogP contribution < -0.4 is 4.74 Å². The summed E-state index contributed by atoms with van der Waals surface area (Å²) in [5.74, 6) is 0.0453. The zero-order chi connectivity index (χ0) is 25.4. The molecule has 4 rings (SSSR count). The lowest BCUT2D eigenvalue weighted by molar-refractivity contribution is 0.375. The summed E-state index contributed by atoms with van der Waals surface area (Å²) in [5.41, 5.74) is 0. The molecule has 0 aliphatic rings. The number of nitrogens with zero attached hydrogens (tertiary/aromatic N) is 8. The molecule has 4 aromatic rings. The highest BCUT2D eigenvalue weighted by Crippen LogP contribution is 2.24. The van der Waals surface area contributed by atoms with Gasteiger partial charge in [0.25, 0.3) is 0 Å². The first-order valence-corrected chi connectivity index (χ1v) is 13.5. The van der Waals surface area contributed by atoms with Gasteiger partial charge in [0, 0.05) is 12.1 Å². The van der Waals surface area contributed by atoms with E-state index in [2.05, 4.69) is 115 Å². The van der Waals surface area contributed by atoms with Crippen LogP contribution in [-0.4, -0.2) is 44.7 Å². The van der Waals surface area contributed by atoms with Gasteiger partial charge < -0.3 is 4.74 Å². The molecule has 0 aliphatic heterocycles. The van der Waals surface area contributed by atoms with Crippen molar-refractivity contribution in [1.29, 1.82) is 0 Å². The average molecular weight is 796 g/mol. The zero-order valence-electron chi connectivity index (χ0n) is 18.2. The molecule has 0 fully saturated rings. The van der Waals surface area contributed by atoms with E-state index in [1.165, 1.54) is 12.1 Å². The maximum Gasteiger partial charge on any atom is 0.321 e. The minimum Gasteiger partial charge on any atom is -0.424 e. The standard InChI is InChI=1S/C11H11BrFN3O.C5H7Br2N3.C2HBr2N3/c1-7(2)16-11(14-10(12)15-16)17-9-5-3-4-8(13)6-9;1-3(2)10-5(7)8-4(6)9-10;3-1-5-2(4)7-6-1/h3-7H,1-2H3;3H,1-2H3;(H,5,6,7). The number of rotatable bonds is 4. The van der Waals surface area contributed by atoms with Gasteiger partial charge in [-0.15, -0.1) is 15.3 Å². The van der Waals surface area contributed by atoms with Crippen LogP contribution in [0.3, 0.4) is 0 Å². The van der Waals surface area contributed by atoms with Gasteiger partial charge in [-0.1, -0.05) is 6.07 Å². The normalized spacial score (nSPS) is 10.6. The Morgan fingerprint density at radius 3 is 1.88 bits per heavy atom. The number of aromatic amines is 1. The third-order valence-electron chi connectivity index (χ3n) is 3.55. The van der Waals surface area contributed by atoms with Crippen LogP contribution in [0.1, 0.15) is 39.8 Å². The first kappa shape index (κ1) is 29.0. The van der Waals surface area contributed by atoms with Gasteiger partial charge in [-0.2, -0.15) is 15.0 Å². The summed E-state index contributed by atoms with van der Waals surface area (Å²) in [6.07, 6.45) is 0. The van der Waals surface area contributed by atoms with E-state index < -0.39 is 0 Å². The van der Waals surface area contributed by atoms with Gasteiger partial charge in [-0.05, 0) is 119 Å². The van der Waals surface area contributed by atoms with E-state index in [4.69, 9.17) is 4.74 Å². The Bertz CT molecular complexity index is 1180. The van der Waals surface area contributed by atoms with Crippen molar-refractivity contribution in [2.45, 2.75) is 39.8 Å². The lowest BCUT2D eigenvalue weighted by Crippen LogP contribution is -2.05. The minimum absolute atomic E-state index is 0.109. The highest BCUT2D eigenvalue weighted by Gasteiger charge is 2.13. The molecule has 0 radical (unpaired) electrons. The highest BCUT2D eigenvalue weighted by atomic mass is 79.9. The third kappa shape index (κ3) is 9.43. The van der Waals surface area contributed by atoms with Crippen LogP contribution in [0.2, 0.25) is 0 Å². The number of halogens is 6. The number of nitrogens with one attached hydrogen (secondary N) is 1. The minimum atomic E-state index is -0.350. The number of hydrogen-bond donors (Lipinski definition) is 1. The molecule has 0 unspecified atom stereocenters. The third-order valence-corrected chi connectivity index (χ3v) is 5.47. The van der Waals surface area contributed by atoms with Crippen molar-refractivity contribution in [1.82, 2.24) is 44.7 Å². The van der Waals surface area contributed by atoms with Crippen molar-refractivity contribution in [3.63, 3.8) is 0 Å². The van der Waals surface area contributed by atoms with Crippen LogP contribution in [-0.2, 0) is 0 Å². The van der Waals surface area contributed by atoms with Crippen molar-refractivity contribution in [3.8, 4) is 11.8 Å². The molecule has 0 amide bonds. The van der Waals surface area contributed by atoms with E-state index in [1.807, 2.05) is 27.7 Å². The fraction of sp³-hybridized carbons (Fsp3) is 0.333. The van der Waals surface area contributed by atoms with Gasteiger partial charge in [-0.3, -0.25) is 5.10 Å². The largest absolute Gasteiger partial charge is 0.424 e. The Kier molecular flexibility index (Phi) is 11.7. The summed E-state index contributed by atoms with van der Waals surface area (Å²) in [4.78, 5) is 11.9. The molecule has 0 saturated carbocycles. The lowest BCUT2D eigenvalue weighted by Gasteiger charge is -2.09. The Labute approximate surface area is 237 Å². The van der Waals surface area contributed by atoms with Gasteiger partial charge in [0.1, 0.15) is 11.6 Å². The fourth-order valence-electron chi connectivity index (χ4n) is 2.16. The van der Waals surface area contributed by atoms with Crippen LogP contribution in [0.25, 0.3) is 0 Å². The van der Waals surface area contributed by atoms with Crippen molar-refractivity contribution in [2.75, 3.05) is 0 Å². The first-order chi connectivity index (χ1) is 16.0. The smallest absolute Gasteiger partial charge is 0.321 e. The monoisotopic (exact) mass is 791 g/mol. The molecule has 0 saturated heterocycles. The number of benzene rings is 1. The molecule has 3 aromatic heterocycles. The molecule has 10 nitrogen and oxygen atoms in total. The first-order valence-electron chi connectivity index (χ1n) is 9.52. The quantitative estimate of drug-likeness (QED) is 0.232. The number of H-pyrrole nitrogens is 1. The van der Waals surface area contributed by atoms with E-state index in [0.29, 0.717) is 36.7 Å². The molecular weight excluding hydrogens is 777 g/mol. The predicted molar refractivity (Wildman–Crippen MR) is 142 cm³/mol. The van der Waals surface area contributed by atoms with Gasteiger partial charge in [-0.25, -0.2) is 13.8 Å². The SMILES string of the molecule is Brc1n[nH]c(Br)n1.CC(C)n1nc(Br)nc1Br.CC(C)n1nc(Br)nc1Oc1cccc(F)c1. The molecular formula is C18H19Br5FN9O. The Balaban J connectivity index is 0.000000202. The second-order valence-corrected chi connectivity index (χ2v) is 10.4. The summed E-state index contributed by atoms with van der Waals surface area (Å²) in [6, 6.07) is 6.68. The van der Waals surface area contributed by atoms with Crippen LogP contribution in [0.5, 0.6) is 11.8 Å². The van der Waals surface area contributed by atoms with E-state index >= 15 is 0 Å². The zero-order valence-corrected chi connectivity index (χ0v) is 26.1. The van der Waals surface area contributed by atoms with E-state index in [1.54, 1.807) is 21.5 Å². The van der Waals surface area contributed by atoms with E-state index in [-0.39, 0.29) is 11.9 Å². The molecule has 0 atom stereocenters. The molecule has 0 bridgehead atoms. The van der Waals surface area contributed by atoms with Crippen molar-refractivity contribution in [3.05, 3.63) is 53.8 Å². The molecule has 0 spiro atoms. The van der Waals surface area contributed by atoms with E-state index in [9.17, 15) is 4.39 Å². The Morgan fingerprint density at radius 2 is 1.47 bits per heavy atom. The molecule has 34 heavy (non-hydrogen) atoms. The summed E-state index contributed by atoms with van der Waals surface area (Å²) in [7, 11) is 0. The summed E-state index contributed by atoms with van der Waals surface area (Å²) >= 11 is 15.8. The molecule has 0 aliphatic carbocycles. The Hall–Kier alpha value is -1.23. The molecule has 1 N–H and O–H groups in total. The molecule has 16 heteroatoms. The average Bonchev–Trinajstić information content (AvgIpc) is 3.41. The van der Waals surface area contributed by atoms with Crippen LogP contribution in [0.15, 0.2) is 47.9 Å². The van der Waals surface area contributed by atoms with Crippen molar-refractivity contribution >= 4 is 79.6 Å². The Morgan fingerprint density at radius 1 is 0.853 bits per heavy atom. The second kappa shape index (κ2) is 13.8. The second-order valence-electron chi connectivity index (χ2n) is 6.84. The maximum atomic E-state index is 13.0. The maximum absolute atomic E-state index is 13.0. The highest BCUT2D eigenvalue weighted by molar-refractivity contribution is 9.11. The van der Waals surface area contributed by atoms with Gasteiger partial charge in [0.15, 0.2) is 9.47 Å². The number of ether oxygens (including phenoxy) is 1. The summed E-state index contributed by atoms with van der Waals surface area (Å²) in [5, 5.41) is 14.4. The summed E-state index contributed by atoms with van der Waals surface area (Å²) in [6.45, 7) is 8.01. The number of hydrogen-bond acceptors (Lipinski definition) is 7. The van der Waals surface area contributed by atoms with Crippen molar-refractivity contribution < 1.29 is 9.13 Å². The van der Waals surface area contributed by atoms with Gasteiger partial charge >= 0.3 is 6.01 Å². The van der Waals surface area contributed by atoms with Crippen LogP contribution in [0.4, 0.5) is 4.39 Å². The van der Waals surface area contributed by atoms with Crippen molar-refractivity contribution in [2.24, 2.45) is 0 Å². The fourth-order valence-corrected chi connectivity index (χ4v) is 4.47. The van der Waals surface area contributed by atoms with Crippen LogP contribution in [0, 0.1) is 5.82 Å². The lowest BCUT2D eigenvalue weighted by atomic mass is 10.3. The molecule has 3 heterocycles. The summed E-state index contributed by atoms with van der Waals surface area (Å²) < 4.78 is 24.9. The van der Waals surface area contributed by atoms with E-state index in [0.717, 1.165) is 4.73 Å². The topological polar surface area (TPSA) is 112 Å². The number of aromatic nitrogens is 9. The van der Waals surface area contributed by atoms with Gasteiger partial charge in [0.05, 0.1) is 6.04 Å².